The Balaban J connectivity index is 2.04. The van der Waals surface area contributed by atoms with Gasteiger partial charge in [-0.25, -0.2) is 4.98 Å². The fourth-order valence-corrected chi connectivity index (χ4v) is 3.49. The number of halogens is 2. The van der Waals surface area contributed by atoms with Crippen LogP contribution in [0.1, 0.15) is 19.4 Å². The number of ether oxygens (including phenoxy) is 1. The first-order valence-electron chi connectivity index (χ1n) is 5.72. The summed E-state index contributed by atoms with van der Waals surface area (Å²) in [5.74, 6) is 0. The highest BCUT2D eigenvalue weighted by molar-refractivity contribution is 9.11. The van der Waals surface area contributed by atoms with Crippen molar-refractivity contribution in [3.8, 4) is 0 Å². The largest absolute Gasteiger partial charge is 0.373 e. The van der Waals surface area contributed by atoms with Gasteiger partial charge in [-0.2, -0.15) is 0 Å². The summed E-state index contributed by atoms with van der Waals surface area (Å²) >= 11 is 6.83. The summed E-state index contributed by atoms with van der Waals surface area (Å²) in [6.45, 7) is 7.17. The Morgan fingerprint density at radius 3 is 2.29 bits per heavy atom. The molecule has 2 heterocycles. The lowest BCUT2D eigenvalue weighted by atomic mass is 10.2. The molecule has 94 valence electrons. The average molecular weight is 364 g/mol. The van der Waals surface area contributed by atoms with Crippen LogP contribution >= 0.6 is 31.9 Å². The molecule has 0 N–H and O–H groups in total. The SMILES string of the molecule is C[C@@H]1CN(Cc2cc(Br)nc(Br)c2)C[C@H](C)O1. The molecule has 0 aliphatic carbocycles. The van der Waals surface area contributed by atoms with Gasteiger partial charge >= 0.3 is 0 Å². The van der Waals surface area contributed by atoms with Crippen molar-refractivity contribution in [2.45, 2.75) is 32.6 Å². The Morgan fingerprint density at radius 1 is 1.24 bits per heavy atom. The maximum absolute atomic E-state index is 5.73. The topological polar surface area (TPSA) is 25.4 Å². The lowest BCUT2D eigenvalue weighted by molar-refractivity contribution is -0.0705. The summed E-state index contributed by atoms with van der Waals surface area (Å²) in [5, 5.41) is 0. The molecule has 5 heteroatoms. The predicted molar refractivity (Wildman–Crippen MR) is 74.9 cm³/mol. The van der Waals surface area contributed by atoms with Crippen molar-refractivity contribution >= 4 is 31.9 Å². The predicted octanol–water partition coefficient (Wildman–Crippen LogP) is 3.22. The van der Waals surface area contributed by atoms with Gasteiger partial charge in [0.25, 0.3) is 0 Å². The number of pyridine rings is 1. The minimum absolute atomic E-state index is 0.312. The highest BCUT2D eigenvalue weighted by atomic mass is 79.9. The zero-order valence-electron chi connectivity index (χ0n) is 9.99. The Bertz CT molecular complexity index is 370. The first-order chi connectivity index (χ1) is 8.02. The molecule has 0 spiro atoms. The molecule has 1 aliphatic rings. The van der Waals surface area contributed by atoms with Gasteiger partial charge in [-0.3, -0.25) is 4.90 Å². The molecule has 17 heavy (non-hydrogen) atoms. The van der Waals surface area contributed by atoms with Gasteiger partial charge in [-0.05, 0) is 63.4 Å². The number of aromatic nitrogens is 1. The number of rotatable bonds is 2. The first-order valence-corrected chi connectivity index (χ1v) is 7.31. The fourth-order valence-electron chi connectivity index (χ4n) is 2.28. The molecule has 0 amide bonds. The summed E-state index contributed by atoms with van der Waals surface area (Å²) in [6, 6.07) is 4.13. The normalized spacial score (nSPS) is 26.1. The molecule has 0 aromatic carbocycles. The molecule has 0 saturated carbocycles. The molecule has 1 fully saturated rings. The lowest BCUT2D eigenvalue weighted by Gasteiger charge is -2.35. The van der Waals surface area contributed by atoms with E-state index in [1.807, 2.05) is 0 Å². The van der Waals surface area contributed by atoms with Gasteiger partial charge < -0.3 is 4.74 Å². The summed E-state index contributed by atoms with van der Waals surface area (Å²) < 4.78 is 7.47. The van der Waals surface area contributed by atoms with Crippen molar-refractivity contribution in [2.24, 2.45) is 0 Å². The fraction of sp³-hybridized carbons (Fsp3) is 0.583. The van der Waals surface area contributed by atoms with Gasteiger partial charge in [0.2, 0.25) is 0 Å². The third-order valence-electron chi connectivity index (χ3n) is 2.72. The van der Waals surface area contributed by atoms with Crippen LogP contribution in [0.5, 0.6) is 0 Å². The van der Waals surface area contributed by atoms with Gasteiger partial charge in [-0.1, -0.05) is 0 Å². The molecule has 1 aromatic heterocycles. The Hall–Kier alpha value is 0.0300. The van der Waals surface area contributed by atoms with Gasteiger partial charge in [0.1, 0.15) is 9.21 Å². The van der Waals surface area contributed by atoms with Gasteiger partial charge in [0.15, 0.2) is 0 Å². The van der Waals surface area contributed by atoms with Crippen LogP contribution < -0.4 is 0 Å². The highest BCUT2D eigenvalue weighted by Gasteiger charge is 2.22. The van der Waals surface area contributed by atoms with Crippen molar-refractivity contribution in [2.75, 3.05) is 13.1 Å². The van der Waals surface area contributed by atoms with Crippen molar-refractivity contribution in [1.82, 2.24) is 9.88 Å². The third kappa shape index (κ3) is 4.02. The molecule has 1 saturated heterocycles. The van der Waals surface area contributed by atoms with Crippen LogP contribution in [0, 0.1) is 0 Å². The van der Waals surface area contributed by atoms with Gasteiger partial charge in [0.05, 0.1) is 12.2 Å². The van der Waals surface area contributed by atoms with Gasteiger partial charge in [-0.15, -0.1) is 0 Å². The van der Waals surface area contributed by atoms with Crippen molar-refractivity contribution in [3.63, 3.8) is 0 Å². The summed E-state index contributed by atoms with van der Waals surface area (Å²) in [4.78, 5) is 6.67. The van der Waals surface area contributed by atoms with E-state index in [0.717, 1.165) is 28.8 Å². The van der Waals surface area contributed by atoms with E-state index >= 15 is 0 Å². The minimum Gasteiger partial charge on any atom is -0.373 e. The molecule has 0 unspecified atom stereocenters. The second kappa shape index (κ2) is 5.78. The zero-order chi connectivity index (χ0) is 12.4. The van der Waals surface area contributed by atoms with E-state index in [1.165, 1.54) is 5.56 Å². The molecule has 0 radical (unpaired) electrons. The van der Waals surface area contributed by atoms with Crippen LogP contribution in [0.3, 0.4) is 0 Å². The van der Waals surface area contributed by atoms with E-state index in [-0.39, 0.29) is 0 Å². The molecular formula is C12H16Br2N2O. The number of nitrogens with zero attached hydrogens (tertiary/aromatic N) is 2. The zero-order valence-corrected chi connectivity index (χ0v) is 13.2. The van der Waals surface area contributed by atoms with E-state index in [1.54, 1.807) is 0 Å². The monoisotopic (exact) mass is 362 g/mol. The number of hydrogen-bond donors (Lipinski definition) is 0. The molecular weight excluding hydrogens is 348 g/mol. The molecule has 2 rings (SSSR count). The number of hydrogen-bond acceptors (Lipinski definition) is 3. The van der Waals surface area contributed by atoms with E-state index < -0.39 is 0 Å². The van der Waals surface area contributed by atoms with Crippen molar-refractivity contribution < 1.29 is 4.74 Å². The average Bonchev–Trinajstić information content (AvgIpc) is 2.13. The first kappa shape index (κ1) is 13.5. The van der Waals surface area contributed by atoms with E-state index in [9.17, 15) is 0 Å². The maximum atomic E-state index is 5.73. The Kier molecular flexibility index (Phi) is 4.58. The molecule has 0 bridgehead atoms. The van der Waals surface area contributed by atoms with Crippen LogP contribution in [-0.2, 0) is 11.3 Å². The van der Waals surface area contributed by atoms with E-state index in [4.69, 9.17) is 4.74 Å². The smallest absolute Gasteiger partial charge is 0.107 e. The summed E-state index contributed by atoms with van der Waals surface area (Å²) in [5.41, 5.74) is 1.26. The van der Waals surface area contributed by atoms with Crippen LogP contribution in [0.25, 0.3) is 0 Å². The van der Waals surface area contributed by atoms with E-state index in [0.29, 0.717) is 12.2 Å². The standard InChI is InChI=1S/C12H16Br2N2O/c1-8-5-16(6-9(2)17-8)7-10-3-11(13)15-12(14)4-10/h3-4,8-9H,5-7H2,1-2H3/t8-,9+. The van der Waals surface area contributed by atoms with Crippen molar-refractivity contribution in [3.05, 3.63) is 26.9 Å². The summed E-state index contributed by atoms with van der Waals surface area (Å²) in [7, 11) is 0. The highest BCUT2D eigenvalue weighted by Crippen LogP contribution is 2.19. The second-order valence-electron chi connectivity index (χ2n) is 4.57. The molecule has 1 aliphatic heterocycles. The molecule has 1 aromatic rings. The quantitative estimate of drug-likeness (QED) is 0.754. The maximum Gasteiger partial charge on any atom is 0.107 e. The minimum atomic E-state index is 0.312. The van der Waals surface area contributed by atoms with Crippen molar-refractivity contribution in [1.29, 1.82) is 0 Å². The second-order valence-corrected chi connectivity index (χ2v) is 6.20. The molecule has 2 atom stereocenters. The number of morpholine rings is 1. The van der Waals surface area contributed by atoms with E-state index in [2.05, 4.69) is 67.7 Å². The van der Waals surface area contributed by atoms with Crippen LogP contribution in [0.4, 0.5) is 0 Å². The van der Waals surface area contributed by atoms with Crippen LogP contribution in [-0.4, -0.2) is 35.2 Å². The third-order valence-corrected chi connectivity index (χ3v) is 3.54. The Labute approximate surface area is 119 Å². The Morgan fingerprint density at radius 2 is 1.76 bits per heavy atom. The van der Waals surface area contributed by atoms with Crippen LogP contribution in [0.2, 0.25) is 0 Å². The summed E-state index contributed by atoms with van der Waals surface area (Å²) in [6.07, 6.45) is 0.625. The lowest BCUT2D eigenvalue weighted by Crippen LogP contribution is -2.44. The van der Waals surface area contributed by atoms with Gasteiger partial charge in [0, 0.05) is 19.6 Å². The molecule has 3 nitrogen and oxygen atoms in total. The van der Waals surface area contributed by atoms with Crippen LogP contribution in [0.15, 0.2) is 21.3 Å².